The first-order valence-electron chi connectivity index (χ1n) is 11.6. The summed E-state index contributed by atoms with van der Waals surface area (Å²) in [4.78, 5) is 60.8. The number of benzene rings is 1. The van der Waals surface area contributed by atoms with E-state index in [0.717, 1.165) is 5.56 Å². The van der Waals surface area contributed by atoms with Crippen LogP contribution in [0.2, 0.25) is 0 Å². The third kappa shape index (κ3) is 10.8. The molecular formula is C24H36N4O8. The summed E-state index contributed by atoms with van der Waals surface area (Å²) < 4.78 is 0. The molecular weight excluding hydrogens is 472 g/mol. The normalized spacial score (nSPS) is 15.2. The second kappa shape index (κ2) is 14.8. The Morgan fingerprint density at radius 2 is 1.44 bits per heavy atom. The van der Waals surface area contributed by atoms with E-state index < -0.39 is 66.4 Å². The maximum atomic E-state index is 12.9. The maximum absolute atomic E-state index is 12.9. The van der Waals surface area contributed by atoms with Crippen molar-refractivity contribution in [2.24, 2.45) is 11.7 Å². The van der Waals surface area contributed by atoms with Gasteiger partial charge in [0, 0.05) is 6.42 Å². The number of aliphatic hydroxyl groups is 1. The average Bonchev–Trinajstić information content (AvgIpc) is 2.79. The van der Waals surface area contributed by atoms with Crippen LogP contribution >= 0.6 is 0 Å². The Morgan fingerprint density at radius 3 is 1.94 bits per heavy atom. The number of aliphatic carboxylic acids is 2. The molecule has 12 nitrogen and oxygen atoms in total. The molecule has 3 amide bonds. The zero-order valence-corrected chi connectivity index (χ0v) is 20.6. The second-order valence-electron chi connectivity index (χ2n) is 9.05. The van der Waals surface area contributed by atoms with Crippen LogP contribution in [0.1, 0.15) is 45.6 Å². The molecule has 0 spiro atoms. The number of nitrogens with two attached hydrogens (primary N) is 1. The standard InChI is InChI=1S/C24H36N4O8/c1-13(2)11-18(24(35)36)27-23(34)20(14(3)29)28-22(33)17(9-10-19(30)31)26-21(32)16(25)12-15-7-5-4-6-8-15/h4-8,13-14,16-18,20,29H,9-12,25H2,1-3H3,(H,26,32)(H,27,34)(H,28,33)(H,30,31)(H,35,36). The van der Waals surface area contributed by atoms with E-state index >= 15 is 0 Å². The summed E-state index contributed by atoms with van der Waals surface area (Å²) in [5.74, 6) is -5.10. The summed E-state index contributed by atoms with van der Waals surface area (Å²) >= 11 is 0. The van der Waals surface area contributed by atoms with Gasteiger partial charge < -0.3 is 37.0 Å². The lowest BCUT2D eigenvalue weighted by Gasteiger charge is -2.26. The topological polar surface area (TPSA) is 208 Å². The Kier molecular flexibility index (Phi) is 12.5. The van der Waals surface area contributed by atoms with E-state index in [2.05, 4.69) is 16.0 Å². The molecule has 12 heteroatoms. The number of amides is 3. The van der Waals surface area contributed by atoms with Crippen molar-refractivity contribution in [2.45, 2.75) is 76.7 Å². The van der Waals surface area contributed by atoms with Gasteiger partial charge in [0.05, 0.1) is 12.1 Å². The fraction of sp³-hybridized carbons (Fsp3) is 0.542. The van der Waals surface area contributed by atoms with Crippen LogP contribution in [0.4, 0.5) is 0 Å². The van der Waals surface area contributed by atoms with Gasteiger partial charge in [0.2, 0.25) is 17.7 Å². The number of rotatable bonds is 15. The van der Waals surface area contributed by atoms with Gasteiger partial charge in [0.1, 0.15) is 18.1 Å². The molecule has 5 atom stereocenters. The summed E-state index contributed by atoms with van der Waals surface area (Å²) in [6, 6.07) is 3.72. The van der Waals surface area contributed by atoms with Gasteiger partial charge in [-0.15, -0.1) is 0 Å². The number of nitrogens with one attached hydrogen (secondary N) is 3. The molecule has 0 heterocycles. The quantitative estimate of drug-likeness (QED) is 0.161. The van der Waals surface area contributed by atoms with Crippen molar-refractivity contribution in [2.75, 3.05) is 0 Å². The number of carboxylic acid groups (broad SMARTS) is 2. The molecule has 1 aromatic rings. The molecule has 0 fully saturated rings. The number of carbonyl (C=O) groups is 5. The molecule has 1 aromatic carbocycles. The lowest BCUT2D eigenvalue weighted by molar-refractivity contribution is -0.143. The molecule has 0 aromatic heterocycles. The van der Waals surface area contributed by atoms with Crippen molar-refractivity contribution in [3.63, 3.8) is 0 Å². The molecule has 5 unspecified atom stereocenters. The number of carbonyl (C=O) groups excluding carboxylic acids is 3. The SMILES string of the molecule is CC(C)CC(NC(=O)C(NC(=O)C(CCC(=O)O)NC(=O)C(N)Cc1ccccc1)C(C)O)C(=O)O. The van der Waals surface area contributed by atoms with E-state index in [1.54, 1.807) is 44.2 Å². The number of hydrogen-bond donors (Lipinski definition) is 7. The Hall–Kier alpha value is -3.51. The van der Waals surface area contributed by atoms with E-state index in [0.29, 0.717) is 0 Å². The first-order valence-corrected chi connectivity index (χ1v) is 11.6. The third-order valence-corrected chi connectivity index (χ3v) is 5.30. The van der Waals surface area contributed by atoms with Gasteiger partial charge in [-0.05, 0) is 37.7 Å². The van der Waals surface area contributed by atoms with Gasteiger partial charge in [-0.25, -0.2) is 4.79 Å². The summed E-state index contributed by atoms with van der Waals surface area (Å²) in [6.45, 7) is 4.77. The zero-order valence-electron chi connectivity index (χ0n) is 20.6. The van der Waals surface area contributed by atoms with Crippen molar-refractivity contribution in [3.05, 3.63) is 35.9 Å². The van der Waals surface area contributed by atoms with Crippen LogP contribution in [0.5, 0.6) is 0 Å². The molecule has 0 bridgehead atoms. The summed E-state index contributed by atoms with van der Waals surface area (Å²) in [6.07, 6.45) is -1.89. The van der Waals surface area contributed by atoms with E-state index in [1.165, 1.54) is 6.92 Å². The van der Waals surface area contributed by atoms with Crippen molar-refractivity contribution in [3.8, 4) is 0 Å². The zero-order chi connectivity index (χ0) is 27.4. The molecule has 8 N–H and O–H groups in total. The first-order chi connectivity index (χ1) is 16.8. The molecule has 1 rings (SSSR count). The third-order valence-electron chi connectivity index (χ3n) is 5.30. The lowest BCUT2D eigenvalue weighted by atomic mass is 10.0. The summed E-state index contributed by atoms with van der Waals surface area (Å²) in [7, 11) is 0. The van der Waals surface area contributed by atoms with E-state index in [4.69, 9.17) is 10.8 Å². The molecule has 36 heavy (non-hydrogen) atoms. The highest BCUT2D eigenvalue weighted by Crippen LogP contribution is 2.08. The van der Waals surface area contributed by atoms with Crippen LogP contribution < -0.4 is 21.7 Å². The van der Waals surface area contributed by atoms with Crippen molar-refractivity contribution in [1.29, 1.82) is 0 Å². The number of hydrogen-bond acceptors (Lipinski definition) is 7. The van der Waals surface area contributed by atoms with Crippen LogP contribution in [0.25, 0.3) is 0 Å². The summed E-state index contributed by atoms with van der Waals surface area (Å²) in [5, 5.41) is 35.5. The predicted octanol–water partition coefficient (Wildman–Crippen LogP) is -0.613. The monoisotopic (exact) mass is 508 g/mol. The molecule has 0 aliphatic rings. The van der Waals surface area contributed by atoms with Gasteiger partial charge in [-0.1, -0.05) is 44.2 Å². The predicted molar refractivity (Wildman–Crippen MR) is 130 cm³/mol. The number of carboxylic acids is 2. The van der Waals surface area contributed by atoms with E-state index in [1.807, 2.05) is 0 Å². The Labute approximate surface area is 209 Å². The van der Waals surface area contributed by atoms with Crippen LogP contribution in [-0.2, 0) is 30.4 Å². The Morgan fingerprint density at radius 1 is 0.861 bits per heavy atom. The average molecular weight is 509 g/mol. The van der Waals surface area contributed by atoms with Crippen molar-refractivity contribution >= 4 is 29.7 Å². The van der Waals surface area contributed by atoms with Gasteiger partial charge in [0.15, 0.2) is 0 Å². The second-order valence-corrected chi connectivity index (χ2v) is 9.05. The Balaban J connectivity index is 2.96. The molecule has 0 saturated carbocycles. The van der Waals surface area contributed by atoms with E-state index in [9.17, 15) is 34.2 Å². The van der Waals surface area contributed by atoms with Crippen LogP contribution in [0, 0.1) is 5.92 Å². The minimum atomic E-state index is -1.55. The molecule has 200 valence electrons. The molecule has 0 saturated heterocycles. The molecule has 0 aliphatic carbocycles. The van der Waals surface area contributed by atoms with Gasteiger partial charge in [0.25, 0.3) is 0 Å². The summed E-state index contributed by atoms with van der Waals surface area (Å²) in [5.41, 5.74) is 6.74. The fourth-order valence-corrected chi connectivity index (χ4v) is 3.39. The Bertz CT molecular complexity index is 907. The first kappa shape index (κ1) is 30.5. The minimum absolute atomic E-state index is 0.0540. The highest BCUT2D eigenvalue weighted by atomic mass is 16.4. The van der Waals surface area contributed by atoms with Crippen LogP contribution in [0.3, 0.4) is 0 Å². The largest absolute Gasteiger partial charge is 0.481 e. The molecule has 0 aliphatic heterocycles. The highest BCUT2D eigenvalue weighted by molar-refractivity contribution is 5.94. The van der Waals surface area contributed by atoms with Crippen LogP contribution in [-0.4, -0.2) is 75.3 Å². The van der Waals surface area contributed by atoms with Crippen LogP contribution in [0.15, 0.2) is 30.3 Å². The lowest BCUT2D eigenvalue weighted by Crippen LogP contribution is -2.60. The smallest absolute Gasteiger partial charge is 0.326 e. The van der Waals surface area contributed by atoms with Crippen molar-refractivity contribution < 1.29 is 39.3 Å². The van der Waals surface area contributed by atoms with Gasteiger partial charge in [-0.2, -0.15) is 0 Å². The minimum Gasteiger partial charge on any atom is -0.481 e. The van der Waals surface area contributed by atoms with Gasteiger partial charge >= 0.3 is 11.9 Å². The number of aliphatic hydroxyl groups excluding tert-OH is 1. The fourth-order valence-electron chi connectivity index (χ4n) is 3.39. The van der Waals surface area contributed by atoms with Crippen molar-refractivity contribution in [1.82, 2.24) is 16.0 Å². The highest BCUT2D eigenvalue weighted by Gasteiger charge is 2.33. The van der Waals surface area contributed by atoms with E-state index in [-0.39, 0.29) is 25.2 Å². The maximum Gasteiger partial charge on any atom is 0.326 e. The van der Waals surface area contributed by atoms with Gasteiger partial charge in [-0.3, -0.25) is 19.2 Å². The molecule has 0 radical (unpaired) electrons.